The van der Waals surface area contributed by atoms with Crippen molar-refractivity contribution in [3.8, 4) is 22.5 Å². The molecule has 0 unspecified atom stereocenters. The van der Waals surface area contributed by atoms with Gasteiger partial charge < -0.3 is 4.52 Å². The molecule has 2 heterocycles. The number of amides is 1. The number of aromatic nitrogens is 3. The second-order valence-corrected chi connectivity index (χ2v) is 6.57. The minimum absolute atomic E-state index is 0.125. The first-order chi connectivity index (χ1) is 14.1. The van der Waals surface area contributed by atoms with E-state index in [-0.39, 0.29) is 23.2 Å². The van der Waals surface area contributed by atoms with Crippen LogP contribution in [-0.4, -0.2) is 21.0 Å². The maximum absolute atomic E-state index is 13.5. The Balaban J connectivity index is 1.73. The lowest BCUT2D eigenvalue weighted by Crippen LogP contribution is -2.14. The van der Waals surface area contributed by atoms with Crippen LogP contribution in [0, 0.1) is 5.82 Å². The van der Waals surface area contributed by atoms with Gasteiger partial charge in [0.25, 0.3) is 0 Å². The van der Waals surface area contributed by atoms with Crippen LogP contribution in [0.3, 0.4) is 0 Å². The van der Waals surface area contributed by atoms with Crippen molar-refractivity contribution in [1.82, 2.24) is 15.1 Å². The SMILES string of the molecule is O=C(Cc1ccccc1)Nc1onc(-c2ccc(F)cc2Cl)c1-c1ccncn1. The molecule has 29 heavy (non-hydrogen) atoms. The van der Waals surface area contributed by atoms with Crippen LogP contribution in [-0.2, 0) is 11.2 Å². The summed E-state index contributed by atoms with van der Waals surface area (Å²) in [6.45, 7) is 0. The molecular formula is C21H14ClFN4O2. The number of benzene rings is 2. The zero-order valence-corrected chi connectivity index (χ0v) is 15.7. The van der Waals surface area contributed by atoms with Gasteiger partial charge in [0, 0.05) is 11.8 Å². The van der Waals surface area contributed by atoms with Crippen molar-refractivity contribution < 1.29 is 13.7 Å². The normalized spacial score (nSPS) is 10.7. The van der Waals surface area contributed by atoms with Gasteiger partial charge in [0.1, 0.15) is 17.8 Å². The molecule has 144 valence electrons. The third-order valence-corrected chi connectivity index (χ3v) is 4.49. The van der Waals surface area contributed by atoms with E-state index in [1.54, 1.807) is 12.3 Å². The van der Waals surface area contributed by atoms with Crippen LogP contribution in [0.15, 0.2) is 71.6 Å². The van der Waals surface area contributed by atoms with Crippen molar-refractivity contribution in [2.24, 2.45) is 0 Å². The molecule has 6 nitrogen and oxygen atoms in total. The van der Waals surface area contributed by atoms with Crippen molar-refractivity contribution >= 4 is 23.4 Å². The summed E-state index contributed by atoms with van der Waals surface area (Å²) in [6.07, 6.45) is 3.09. The van der Waals surface area contributed by atoms with Gasteiger partial charge in [0.05, 0.1) is 22.7 Å². The summed E-state index contributed by atoms with van der Waals surface area (Å²) in [4.78, 5) is 20.7. The van der Waals surface area contributed by atoms with Crippen molar-refractivity contribution in [1.29, 1.82) is 0 Å². The summed E-state index contributed by atoms with van der Waals surface area (Å²) < 4.78 is 18.9. The van der Waals surface area contributed by atoms with Crippen molar-refractivity contribution in [3.05, 3.63) is 83.5 Å². The molecule has 1 N–H and O–H groups in total. The Hall–Kier alpha value is -3.58. The Labute approximate surface area is 170 Å². The molecule has 0 aliphatic carbocycles. The summed E-state index contributed by atoms with van der Waals surface area (Å²) in [6, 6.07) is 14.9. The van der Waals surface area contributed by atoms with Gasteiger partial charge in [-0.1, -0.05) is 47.1 Å². The Morgan fingerprint density at radius 3 is 2.69 bits per heavy atom. The quantitative estimate of drug-likeness (QED) is 0.514. The summed E-state index contributed by atoms with van der Waals surface area (Å²) in [7, 11) is 0. The smallest absolute Gasteiger partial charge is 0.241 e. The topological polar surface area (TPSA) is 80.9 Å². The molecular weight excluding hydrogens is 395 g/mol. The molecule has 8 heteroatoms. The predicted octanol–water partition coefficient (Wildman–Crippen LogP) is 4.77. The van der Waals surface area contributed by atoms with Gasteiger partial charge >= 0.3 is 0 Å². The maximum atomic E-state index is 13.5. The molecule has 2 aromatic heterocycles. The van der Waals surface area contributed by atoms with E-state index in [4.69, 9.17) is 16.1 Å². The molecule has 0 spiro atoms. The second-order valence-electron chi connectivity index (χ2n) is 6.16. The number of hydrogen-bond acceptors (Lipinski definition) is 5. The molecule has 0 aliphatic heterocycles. The molecule has 4 aromatic rings. The van der Waals surface area contributed by atoms with Crippen LogP contribution in [0.1, 0.15) is 5.56 Å². The van der Waals surface area contributed by atoms with E-state index in [0.717, 1.165) is 5.56 Å². The Morgan fingerprint density at radius 2 is 1.97 bits per heavy atom. The van der Waals surface area contributed by atoms with Crippen LogP contribution in [0.2, 0.25) is 5.02 Å². The number of nitrogens with zero attached hydrogens (tertiary/aromatic N) is 3. The van der Waals surface area contributed by atoms with Gasteiger partial charge in [-0.2, -0.15) is 0 Å². The van der Waals surface area contributed by atoms with Crippen LogP contribution in [0.25, 0.3) is 22.5 Å². The van der Waals surface area contributed by atoms with Gasteiger partial charge in [-0.05, 0) is 29.8 Å². The molecule has 0 saturated heterocycles. The number of nitrogens with one attached hydrogen (secondary N) is 1. The monoisotopic (exact) mass is 408 g/mol. The second kappa shape index (κ2) is 8.20. The average Bonchev–Trinajstić information content (AvgIpc) is 3.12. The zero-order valence-electron chi connectivity index (χ0n) is 15.0. The minimum atomic E-state index is -0.470. The number of carbonyl (C=O) groups excluding carboxylic acids is 1. The number of halogens is 2. The molecule has 0 bridgehead atoms. The minimum Gasteiger partial charge on any atom is -0.337 e. The average molecular weight is 409 g/mol. The highest BCUT2D eigenvalue weighted by Gasteiger charge is 2.23. The van der Waals surface area contributed by atoms with Crippen molar-refractivity contribution in [2.75, 3.05) is 5.32 Å². The van der Waals surface area contributed by atoms with Gasteiger partial charge in [-0.3, -0.25) is 10.1 Å². The molecule has 0 aliphatic rings. The highest BCUT2D eigenvalue weighted by molar-refractivity contribution is 6.33. The van der Waals surface area contributed by atoms with Gasteiger partial charge in [0.2, 0.25) is 11.8 Å². The number of rotatable bonds is 5. The lowest BCUT2D eigenvalue weighted by atomic mass is 10.0. The van der Waals surface area contributed by atoms with E-state index in [1.807, 2.05) is 30.3 Å². The maximum Gasteiger partial charge on any atom is 0.241 e. The van der Waals surface area contributed by atoms with Crippen molar-refractivity contribution in [3.63, 3.8) is 0 Å². The number of hydrogen-bond donors (Lipinski definition) is 1. The summed E-state index contributed by atoms with van der Waals surface area (Å²) in [5.74, 6) is -0.623. The lowest BCUT2D eigenvalue weighted by molar-refractivity contribution is -0.115. The van der Waals surface area contributed by atoms with Crippen LogP contribution < -0.4 is 5.32 Å². The summed E-state index contributed by atoms with van der Waals surface area (Å²) in [5, 5.41) is 6.95. The molecule has 1 amide bonds. The third-order valence-electron chi connectivity index (χ3n) is 4.18. The largest absolute Gasteiger partial charge is 0.337 e. The summed E-state index contributed by atoms with van der Waals surface area (Å²) in [5.41, 5.74) is 2.56. The first kappa shape index (κ1) is 18.8. The fourth-order valence-corrected chi connectivity index (χ4v) is 3.13. The third kappa shape index (κ3) is 4.14. The molecule has 0 fully saturated rings. The number of anilines is 1. The van der Waals surface area contributed by atoms with Crippen LogP contribution in [0.5, 0.6) is 0 Å². The molecule has 0 atom stereocenters. The Morgan fingerprint density at radius 1 is 1.14 bits per heavy atom. The first-order valence-electron chi connectivity index (χ1n) is 8.67. The number of carbonyl (C=O) groups is 1. The van der Waals surface area contributed by atoms with E-state index in [2.05, 4.69) is 20.4 Å². The van der Waals surface area contributed by atoms with E-state index >= 15 is 0 Å². The molecule has 0 saturated carbocycles. The standard InChI is InChI=1S/C21H14ClFN4O2/c22-16-11-14(23)6-7-15(16)20-19(17-8-9-24-12-25-17)21(29-27-20)26-18(28)10-13-4-2-1-3-5-13/h1-9,11-12H,10H2,(H,26,28). The Bertz CT molecular complexity index is 1150. The highest BCUT2D eigenvalue weighted by Crippen LogP contribution is 2.39. The van der Waals surface area contributed by atoms with Crippen LogP contribution in [0.4, 0.5) is 10.3 Å². The fraction of sp³-hybridized carbons (Fsp3) is 0.0476. The van der Waals surface area contributed by atoms with E-state index < -0.39 is 5.82 Å². The van der Waals surface area contributed by atoms with E-state index in [0.29, 0.717) is 22.5 Å². The van der Waals surface area contributed by atoms with E-state index in [9.17, 15) is 9.18 Å². The first-order valence-corrected chi connectivity index (χ1v) is 9.05. The van der Waals surface area contributed by atoms with Gasteiger partial charge in [-0.25, -0.2) is 14.4 Å². The molecule has 0 radical (unpaired) electrons. The van der Waals surface area contributed by atoms with Gasteiger partial charge in [-0.15, -0.1) is 0 Å². The van der Waals surface area contributed by atoms with Crippen LogP contribution >= 0.6 is 11.6 Å². The molecule has 4 rings (SSSR count). The molecule has 2 aromatic carbocycles. The fourth-order valence-electron chi connectivity index (χ4n) is 2.87. The van der Waals surface area contributed by atoms with Gasteiger partial charge in [0.15, 0.2) is 0 Å². The Kier molecular flexibility index (Phi) is 5.31. The highest BCUT2D eigenvalue weighted by atomic mass is 35.5. The van der Waals surface area contributed by atoms with Crippen molar-refractivity contribution in [2.45, 2.75) is 6.42 Å². The lowest BCUT2D eigenvalue weighted by Gasteiger charge is -2.07. The zero-order chi connectivity index (χ0) is 20.2. The van der Waals surface area contributed by atoms with E-state index in [1.165, 1.54) is 24.5 Å². The summed E-state index contributed by atoms with van der Waals surface area (Å²) >= 11 is 6.20. The predicted molar refractivity (Wildman–Crippen MR) is 107 cm³/mol.